The Morgan fingerprint density at radius 1 is 1.09 bits per heavy atom. The highest BCUT2D eigenvalue weighted by Gasteiger charge is 2.18. The number of carbonyl (C=O) groups excluding carboxylic acids is 1. The molecule has 0 N–H and O–H groups in total. The number of nitrogens with zero attached hydrogens (tertiary/aromatic N) is 2. The molecular weight excluding hydrogens is 279 g/mol. The average Bonchev–Trinajstić information content (AvgIpc) is 2.53. The molecule has 0 aliphatic rings. The van der Waals surface area contributed by atoms with Crippen molar-refractivity contribution in [1.82, 2.24) is 4.98 Å². The topological polar surface area (TPSA) is 33.2 Å². The Labute approximate surface area is 128 Å². The Bertz CT molecular complexity index is 844. The Morgan fingerprint density at radius 3 is 2.50 bits per heavy atom. The van der Waals surface area contributed by atoms with Gasteiger partial charge in [-0.3, -0.25) is 9.78 Å². The van der Waals surface area contributed by atoms with Crippen molar-refractivity contribution in [3.05, 3.63) is 71.7 Å². The first-order valence-electron chi connectivity index (χ1n) is 6.93. The summed E-state index contributed by atoms with van der Waals surface area (Å²) in [5.74, 6) is -0.468. The zero-order chi connectivity index (χ0) is 15.7. The third kappa shape index (κ3) is 2.44. The zero-order valence-corrected chi connectivity index (χ0v) is 12.4. The molecule has 0 spiro atoms. The van der Waals surface area contributed by atoms with Crippen molar-refractivity contribution in [1.29, 1.82) is 0 Å². The van der Waals surface area contributed by atoms with Crippen LogP contribution in [0.4, 0.5) is 10.1 Å². The molecule has 2 aromatic carbocycles. The molecular formula is C18H15FN2O. The SMILES string of the molecule is CN(C)c1c(C(=O)c2ccccc2)cnc2ccc(F)cc12. The summed E-state index contributed by atoms with van der Waals surface area (Å²) in [5.41, 5.74) is 2.39. The minimum atomic E-state index is -0.346. The molecule has 0 aliphatic carbocycles. The second-order valence-corrected chi connectivity index (χ2v) is 5.27. The largest absolute Gasteiger partial charge is 0.376 e. The van der Waals surface area contributed by atoms with E-state index in [0.717, 1.165) is 0 Å². The number of anilines is 1. The first-order valence-corrected chi connectivity index (χ1v) is 6.93. The fourth-order valence-electron chi connectivity index (χ4n) is 2.54. The van der Waals surface area contributed by atoms with Crippen LogP contribution in [0.3, 0.4) is 0 Å². The van der Waals surface area contributed by atoms with Gasteiger partial charge in [-0.2, -0.15) is 0 Å². The number of aromatic nitrogens is 1. The van der Waals surface area contributed by atoms with Crippen LogP contribution in [-0.2, 0) is 0 Å². The minimum absolute atomic E-state index is 0.122. The van der Waals surface area contributed by atoms with Crippen molar-refractivity contribution in [3.8, 4) is 0 Å². The van der Waals surface area contributed by atoms with E-state index < -0.39 is 0 Å². The van der Waals surface area contributed by atoms with Crippen LogP contribution in [0.1, 0.15) is 15.9 Å². The highest BCUT2D eigenvalue weighted by atomic mass is 19.1. The molecule has 1 aromatic heterocycles. The van der Waals surface area contributed by atoms with E-state index in [-0.39, 0.29) is 11.6 Å². The number of hydrogen-bond acceptors (Lipinski definition) is 3. The van der Waals surface area contributed by atoms with E-state index in [1.165, 1.54) is 12.1 Å². The van der Waals surface area contributed by atoms with Gasteiger partial charge in [-0.1, -0.05) is 30.3 Å². The molecule has 22 heavy (non-hydrogen) atoms. The number of carbonyl (C=O) groups is 1. The van der Waals surface area contributed by atoms with Gasteiger partial charge < -0.3 is 4.90 Å². The molecule has 3 nitrogen and oxygen atoms in total. The van der Waals surface area contributed by atoms with Crippen LogP contribution in [0.15, 0.2) is 54.7 Å². The first-order chi connectivity index (χ1) is 10.6. The maximum Gasteiger partial charge on any atom is 0.196 e. The third-order valence-corrected chi connectivity index (χ3v) is 3.53. The Hall–Kier alpha value is -2.75. The van der Waals surface area contributed by atoms with Crippen molar-refractivity contribution >= 4 is 22.4 Å². The van der Waals surface area contributed by atoms with E-state index in [1.807, 2.05) is 37.2 Å². The van der Waals surface area contributed by atoms with Crippen LogP contribution in [0.2, 0.25) is 0 Å². The number of pyridine rings is 1. The number of fused-ring (bicyclic) bond motifs is 1. The lowest BCUT2D eigenvalue weighted by atomic mass is 10.0. The van der Waals surface area contributed by atoms with Gasteiger partial charge in [0.25, 0.3) is 0 Å². The quantitative estimate of drug-likeness (QED) is 0.691. The number of benzene rings is 2. The van der Waals surface area contributed by atoms with E-state index in [9.17, 15) is 9.18 Å². The Morgan fingerprint density at radius 2 is 1.82 bits per heavy atom. The maximum atomic E-state index is 13.6. The summed E-state index contributed by atoms with van der Waals surface area (Å²) in [7, 11) is 3.67. The molecule has 0 aliphatic heterocycles. The maximum absolute atomic E-state index is 13.6. The van der Waals surface area contributed by atoms with Crippen LogP contribution < -0.4 is 4.90 Å². The highest BCUT2D eigenvalue weighted by molar-refractivity contribution is 6.15. The summed E-state index contributed by atoms with van der Waals surface area (Å²) < 4.78 is 13.6. The molecule has 0 atom stereocenters. The first kappa shape index (κ1) is 14.2. The lowest BCUT2D eigenvalue weighted by Crippen LogP contribution is -2.15. The second kappa shape index (κ2) is 5.56. The van der Waals surface area contributed by atoms with Gasteiger partial charge in [-0.05, 0) is 18.2 Å². The van der Waals surface area contributed by atoms with E-state index in [1.54, 1.807) is 24.4 Å². The molecule has 0 radical (unpaired) electrons. The van der Waals surface area contributed by atoms with E-state index in [0.29, 0.717) is 27.7 Å². The van der Waals surface area contributed by atoms with E-state index >= 15 is 0 Å². The third-order valence-electron chi connectivity index (χ3n) is 3.53. The zero-order valence-electron chi connectivity index (χ0n) is 12.4. The number of rotatable bonds is 3. The van der Waals surface area contributed by atoms with Crippen LogP contribution >= 0.6 is 0 Å². The predicted octanol–water partition coefficient (Wildman–Crippen LogP) is 3.67. The molecule has 1 heterocycles. The monoisotopic (exact) mass is 294 g/mol. The van der Waals surface area contributed by atoms with Crippen molar-refractivity contribution in [2.75, 3.05) is 19.0 Å². The molecule has 110 valence electrons. The van der Waals surface area contributed by atoms with Crippen molar-refractivity contribution < 1.29 is 9.18 Å². The normalized spacial score (nSPS) is 10.7. The molecule has 0 unspecified atom stereocenters. The molecule has 4 heteroatoms. The Balaban J connectivity index is 2.26. The summed E-state index contributed by atoms with van der Waals surface area (Å²) in [5, 5.41) is 0.631. The molecule has 3 aromatic rings. The van der Waals surface area contributed by atoms with Gasteiger partial charge in [0.1, 0.15) is 5.82 Å². The lowest BCUT2D eigenvalue weighted by Gasteiger charge is -2.19. The molecule has 0 amide bonds. The number of halogens is 1. The second-order valence-electron chi connectivity index (χ2n) is 5.27. The summed E-state index contributed by atoms with van der Waals surface area (Å²) in [6, 6.07) is 13.4. The van der Waals surface area contributed by atoms with E-state index in [2.05, 4.69) is 4.98 Å². The summed E-state index contributed by atoms with van der Waals surface area (Å²) in [4.78, 5) is 18.9. The number of hydrogen-bond donors (Lipinski definition) is 0. The van der Waals surface area contributed by atoms with Crippen molar-refractivity contribution in [2.45, 2.75) is 0 Å². The number of ketones is 1. The summed E-state index contributed by atoms with van der Waals surface area (Å²) in [6.45, 7) is 0. The van der Waals surface area contributed by atoms with Crippen molar-refractivity contribution in [3.63, 3.8) is 0 Å². The molecule has 3 rings (SSSR count). The molecule has 0 saturated heterocycles. The van der Waals surface area contributed by atoms with Gasteiger partial charge in [0.15, 0.2) is 5.78 Å². The highest BCUT2D eigenvalue weighted by Crippen LogP contribution is 2.30. The van der Waals surface area contributed by atoms with E-state index in [4.69, 9.17) is 0 Å². The minimum Gasteiger partial charge on any atom is -0.376 e. The molecule has 0 fully saturated rings. The Kier molecular flexibility index (Phi) is 3.59. The standard InChI is InChI=1S/C18H15FN2O/c1-21(2)17-14-10-13(19)8-9-16(14)20-11-15(17)18(22)12-6-4-3-5-7-12/h3-11H,1-2H3. The summed E-state index contributed by atoms with van der Waals surface area (Å²) >= 11 is 0. The van der Waals surface area contributed by atoms with Gasteiger partial charge in [0.2, 0.25) is 0 Å². The van der Waals surface area contributed by atoms with Crippen LogP contribution in [0.5, 0.6) is 0 Å². The fourth-order valence-corrected chi connectivity index (χ4v) is 2.54. The van der Waals surface area contributed by atoms with Gasteiger partial charge in [-0.15, -0.1) is 0 Å². The predicted molar refractivity (Wildman–Crippen MR) is 85.9 cm³/mol. The van der Waals surface area contributed by atoms with Gasteiger partial charge >= 0.3 is 0 Å². The smallest absolute Gasteiger partial charge is 0.196 e. The van der Waals surface area contributed by atoms with Gasteiger partial charge in [0, 0.05) is 31.2 Å². The van der Waals surface area contributed by atoms with Crippen LogP contribution in [-0.4, -0.2) is 24.9 Å². The van der Waals surface area contributed by atoms with Gasteiger partial charge in [0.05, 0.1) is 16.8 Å². The van der Waals surface area contributed by atoms with Crippen molar-refractivity contribution in [2.24, 2.45) is 0 Å². The summed E-state index contributed by atoms with van der Waals surface area (Å²) in [6.07, 6.45) is 1.56. The fraction of sp³-hybridized carbons (Fsp3) is 0.111. The van der Waals surface area contributed by atoms with Crippen LogP contribution in [0, 0.1) is 5.82 Å². The lowest BCUT2D eigenvalue weighted by molar-refractivity contribution is 0.103. The average molecular weight is 294 g/mol. The van der Waals surface area contributed by atoms with Gasteiger partial charge in [-0.25, -0.2) is 4.39 Å². The molecule has 0 bridgehead atoms. The molecule has 0 saturated carbocycles. The van der Waals surface area contributed by atoms with Crippen LogP contribution in [0.25, 0.3) is 10.9 Å².